The Morgan fingerprint density at radius 1 is 1.25 bits per heavy atom. The number of alkyl halides is 2. The maximum atomic E-state index is 12.9. The van der Waals surface area contributed by atoms with Crippen molar-refractivity contribution in [2.75, 3.05) is 7.11 Å². The van der Waals surface area contributed by atoms with E-state index in [1.165, 1.54) is 18.3 Å². The Bertz CT molecular complexity index is 879. The van der Waals surface area contributed by atoms with Gasteiger partial charge in [0.15, 0.2) is 5.65 Å². The molecule has 0 radical (unpaired) electrons. The third-order valence-electron chi connectivity index (χ3n) is 3.52. The highest BCUT2D eigenvalue weighted by molar-refractivity contribution is 5.94. The van der Waals surface area contributed by atoms with Crippen LogP contribution in [0.3, 0.4) is 0 Å². The molecule has 1 amide bonds. The van der Waals surface area contributed by atoms with Gasteiger partial charge in [0.1, 0.15) is 5.75 Å². The molecule has 0 saturated carbocycles. The molecule has 0 saturated heterocycles. The van der Waals surface area contributed by atoms with Crippen molar-refractivity contribution in [2.45, 2.75) is 13.0 Å². The van der Waals surface area contributed by atoms with E-state index >= 15 is 0 Å². The molecule has 0 spiro atoms. The number of aromatic nitrogens is 3. The molecule has 3 rings (SSSR count). The van der Waals surface area contributed by atoms with Gasteiger partial charge in [-0.1, -0.05) is 18.2 Å². The zero-order valence-corrected chi connectivity index (χ0v) is 12.7. The number of halogens is 2. The lowest BCUT2D eigenvalue weighted by atomic mass is 10.2. The standard InChI is InChI=1S/C16H14F2N4O2/c1-24-12-5-3-2-4-10(12)8-19-16(23)11-6-7-13-20-21-15(14(17)18)22(13)9-11/h2-7,9,14H,8H2,1H3,(H,19,23). The summed E-state index contributed by atoms with van der Waals surface area (Å²) in [4.78, 5) is 12.3. The van der Waals surface area contributed by atoms with Crippen molar-refractivity contribution >= 4 is 11.6 Å². The number of ether oxygens (including phenoxy) is 1. The van der Waals surface area contributed by atoms with Crippen LogP contribution in [-0.4, -0.2) is 27.6 Å². The fourth-order valence-corrected chi connectivity index (χ4v) is 2.32. The van der Waals surface area contributed by atoms with E-state index in [0.717, 1.165) is 9.96 Å². The molecule has 0 aliphatic carbocycles. The van der Waals surface area contributed by atoms with Crippen LogP contribution >= 0.6 is 0 Å². The van der Waals surface area contributed by atoms with Crippen molar-refractivity contribution in [3.63, 3.8) is 0 Å². The number of hydrogen-bond acceptors (Lipinski definition) is 4. The number of fused-ring (bicyclic) bond motifs is 1. The maximum Gasteiger partial charge on any atom is 0.297 e. The van der Waals surface area contributed by atoms with Crippen molar-refractivity contribution in [1.29, 1.82) is 0 Å². The Balaban J connectivity index is 1.80. The first-order chi connectivity index (χ1) is 11.6. The number of nitrogens with zero attached hydrogens (tertiary/aromatic N) is 3. The summed E-state index contributed by atoms with van der Waals surface area (Å²) < 4.78 is 32.1. The van der Waals surface area contributed by atoms with Gasteiger partial charge in [0.05, 0.1) is 12.7 Å². The first-order valence-corrected chi connectivity index (χ1v) is 7.13. The van der Waals surface area contributed by atoms with Crippen molar-refractivity contribution in [2.24, 2.45) is 0 Å². The topological polar surface area (TPSA) is 68.5 Å². The zero-order valence-electron chi connectivity index (χ0n) is 12.7. The molecule has 0 bridgehead atoms. The molecule has 6 nitrogen and oxygen atoms in total. The molecule has 3 aromatic rings. The van der Waals surface area contributed by atoms with E-state index in [2.05, 4.69) is 15.5 Å². The molecule has 1 aromatic carbocycles. The van der Waals surface area contributed by atoms with Crippen LogP contribution in [0.2, 0.25) is 0 Å². The number of rotatable bonds is 5. The molecule has 2 heterocycles. The van der Waals surface area contributed by atoms with Crippen LogP contribution in [0.4, 0.5) is 8.78 Å². The monoisotopic (exact) mass is 332 g/mol. The number of carbonyl (C=O) groups excluding carboxylic acids is 1. The van der Waals surface area contributed by atoms with Gasteiger partial charge >= 0.3 is 0 Å². The van der Waals surface area contributed by atoms with Crippen LogP contribution in [0.1, 0.15) is 28.2 Å². The molecule has 24 heavy (non-hydrogen) atoms. The Morgan fingerprint density at radius 2 is 2.04 bits per heavy atom. The maximum absolute atomic E-state index is 12.9. The quantitative estimate of drug-likeness (QED) is 0.780. The van der Waals surface area contributed by atoms with Crippen LogP contribution < -0.4 is 10.1 Å². The van der Waals surface area contributed by atoms with Crippen LogP contribution in [-0.2, 0) is 6.54 Å². The van der Waals surface area contributed by atoms with E-state index in [1.807, 2.05) is 18.2 Å². The third kappa shape index (κ3) is 3.03. The first-order valence-electron chi connectivity index (χ1n) is 7.13. The molecular weight excluding hydrogens is 318 g/mol. The minimum Gasteiger partial charge on any atom is -0.496 e. The highest BCUT2D eigenvalue weighted by atomic mass is 19.3. The average molecular weight is 332 g/mol. The molecule has 2 aromatic heterocycles. The summed E-state index contributed by atoms with van der Waals surface area (Å²) in [6.45, 7) is 0.255. The lowest BCUT2D eigenvalue weighted by molar-refractivity contribution is 0.0949. The number of methoxy groups -OCH3 is 1. The molecule has 0 unspecified atom stereocenters. The highest BCUT2D eigenvalue weighted by Gasteiger charge is 2.17. The molecule has 1 N–H and O–H groups in total. The van der Waals surface area contributed by atoms with Crippen LogP contribution in [0.15, 0.2) is 42.6 Å². The number of nitrogens with one attached hydrogen (secondary N) is 1. The number of para-hydroxylation sites is 1. The van der Waals surface area contributed by atoms with Crippen LogP contribution in [0.5, 0.6) is 5.75 Å². The van der Waals surface area contributed by atoms with Crippen molar-refractivity contribution < 1.29 is 18.3 Å². The molecule has 0 fully saturated rings. The fraction of sp³-hybridized carbons (Fsp3) is 0.188. The third-order valence-corrected chi connectivity index (χ3v) is 3.52. The minimum atomic E-state index is -2.77. The van der Waals surface area contributed by atoms with E-state index in [9.17, 15) is 13.6 Å². The molecule has 0 aliphatic heterocycles. The van der Waals surface area contributed by atoms with Gasteiger partial charge in [-0.2, -0.15) is 0 Å². The summed E-state index contributed by atoms with van der Waals surface area (Å²) in [7, 11) is 1.55. The predicted octanol–water partition coefficient (Wildman–Crippen LogP) is 2.61. The molecule has 0 aliphatic rings. The van der Waals surface area contributed by atoms with E-state index in [4.69, 9.17) is 4.74 Å². The SMILES string of the molecule is COc1ccccc1CNC(=O)c1ccc2nnc(C(F)F)n2c1. The van der Waals surface area contributed by atoms with Crippen LogP contribution in [0, 0.1) is 0 Å². The number of amides is 1. The van der Waals surface area contributed by atoms with Crippen LogP contribution in [0.25, 0.3) is 5.65 Å². The minimum absolute atomic E-state index is 0.235. The van der Waals surface area contributed by atoms with Gasteiger partial charge < -0.3 is 10.1 Å². The van der Waals surface area contributed by atoms with E-state index in [1.54, 1.807) is 13.2 Å². The Morgan fingerprint density at radius 3 is 2.79 bits per heavy atom. The van der Waals surface area contributed by atoms with E-state index in [0.29, 0.717) is 5.75 Å². The molecular formula is C16H14F2N4O2. The highest BCUT2D eigenvalue weighted by Crippen LogP contribution is 2.19. The van der Waals surface area contributed by atoms with Crippen molar-refractivity contribution in [3.8, 4) is 5.75 Å². The zero-order chi connectivity index (χ0) is 17.1. The lowest BCUT2D eigenvalue weighted by Crippen LogP contribution is -2.23. The van der Waals surface area contributed by atoms with Gasteiger partial charge in [-0.25, -0.2) is 8.78 Å². The average Bonchev–Trinajstić information content (AvgIpc) is 3.03. The first kappa shape index (κ1) is 15.9. The lowest BCUT2D eigenvalue weighted by Gasteiger charge is -2.10. The van der Waals surface area contributed by atoms with Gasteiger partial charge in [-0.3, -0.25) is 9.20 Å². The number of benzene rings is 1. The summed E-state index contributed by atoms with van der Waals surface area (Å²) in [6, 6.07) is 10.3. The van der Waals surface area contributed by atoms with Gasteiger partial charge in [-0.15, -0.1) is 10.2 Å². The number of carbonyl (C=O) groups is 1. The molecule has 0 atom stereocenters. The van der Waals surface area contributed by atoms with Gasteiger partial charge in [0.25, 0.3) is 12.3 Å². The van der Waals surface area contributed by atoms with Gasteiger partial charge in [0, 0.05) is 18.3 Å². The summed E-state index contributed by atoms with van der Waals surface area (Å²) in [5.74, 6) is -0.229. The van der Waals surface area contributed by atoms with Crippen molar-refractivity contribution in [1.82, 2.24) is 19.9 Å². The van der Waals surface area contributed by atoms with Crippen molar-refractivity contribution in [3.05, 3.63) is 59.5 Å². The van der Waals surface area contributed by atoms with Gasteiger partial charge in [-0.05, 0) is 18.2 Å². The Hall–Kier alpha value is -3.03. The second kappa shape index (κ2) is 6.61. The van der Waals surface area contributed by atoms with Gasteiger partial charge in [0.2, 0.25) is 5.82 Å². The summed E-state index contributed by atoms with van der Waals surface area (Å²) in [5.41, 5.74) is 1.30. The smallest absolute Gasteiger partial charge is 0.297 e. The second-order valence-electron chi connectivity index (χ2n) is 5.00. The van der Waals surface area contributed by atoms with E-state index < -0.39 is 18.2 Å². The largest absolute Gasteiger partial charge is 0.496 e. The molecule has 8 heteroatoms. The summed E-state index contributed by atoms with van der Waals surface area (Å²) in [5, 5.41) is 9.80. The summed E-state index contributed by atoms with van der Waals surface area (Å²) >= 11 is 0. The fourth-order valence-electron chi connectivity index (χ4n) is 2.32. The number of hydrogen-bond donors (Lipinski definition) is 1. The normalized spacial score (nSPS) is 11.0. The summed E-state index contributed by atoms with van der Waals surface area (Å²) in [6.07, 6.45) is -1.47. The second-order valence-corrected chi connectivity index (χ2v) is 5.00. The molecule has 124 valence electrons. The Labute approximate surface area is 136 Å². The van der Waals surface area contributed by atoms with E-state index in [-0.39, 0.29) is 17.8 Å². The predicted molar refractivity (Wildman–Crippen MR) is 82.1 cm³/mol. The Kier molecular flexibility index (Phi) is 4.37. The number of pyridine rings is 1.